The summed E-state index contributed by atoms with van der Waals surface area (Å²) in [5.74, 6) is -1.70. The zero-order valence-electron chi connectivity index (χ0n) is 11.2. The Bertz CT molecular complexity index is 688. The predicted molar refractivity (Wildman–Crippen MR) is 78.3 cm³/mol. The summed E-state index contributed by atoms with van der Waals surface area (Å²) in [6.45, 7) is 1.80. The molecule has 0 unspecified atom stereocenters. The molecule has 2 N–H and O–H groups in total. The largest absolute Gasteiger partial charge is 0.479 e. The molecule has 0 saturated carbocycles. The van der Waals surface area contributed by atoms with Gasteiger partial charge in [-0.3, -0.25) is 9.78 Å². The number of aromatic nitrogens is 1. The highest BCUT2D eigenvalue weighted by molar-refractivity contribution is 6.31. The highest BCUT2D eigenvalue weighted by atomic mass is 35.5. The molecule has 108 valence electrons. The molecule has 6 heteroatoms. The Kier molecular flexibility index (Phi) is 4.55. The first kappa shape index (κ1) is 15.0. The third-order valence-corrected chi connectivity index (χ3v) is 3.22. The van der Waals surface area contributed by atoms with Crippen molar-refractivity contribution in [3.63, 3.8) is 0 Å². The van der Waals surface area contributed by atoms with E-state index in [0.717, 1.165) is 5.56 Å². The van der Waals surface area contributed by atoms with Gasteiger partial charge in [-0.05, 0) is 24.6 Å². The zero-order chi connectivity index (χ0) is 15.4. The average molecular weight is 305 g/mol. The van der Waals surface area contributed by atoms with Crippen molar-refractivity contribution in [2.45, 2.75) is 13.0 Å². The number of halogens is 1. The lowest BCUT2D eigenvalue weighted by atomic mass is 10.1. The van der Waals surface area contributed by atoms with Crippen LogP contribution in [0, 0.1) is 6.92 Å². The van der Waals surface area contributed by atoms with E-state index in [2.05, 4.69) is 10.3 Å². The molecule has 2 aromatic rings. The Morgan fingerprint density at radius 2 is 2.00 bits per heavy atom. The molecule has 1 aromatic carbocycles. The van der Waals surface area contributed by atoms with Crippen molar-refractivity contribution in [3.05, 3.63) is 64.4 Å². The SMILES string of the molecule is Cc1cncc(C(=O)N[C@@H](C(=O)O)c2ccccc2Cl)c1. The van der Waals surface area contributed by atoms with Gasteiger partial charge in [0.25, 0.3) is 5.91 Å². The van der Waals surface area contributed by atoms with Crippen LogP contribution in [0.5, 0.6) is 0 Å². The number of carbonyl (C=O) groups excluding carboxylic acids is 1. The van der Waals surface area contributed by atoms with Crippen LogP contribution in [0.2, 0.25) is 5.02 Å². The summed E-state index contributed by atoms with van der Waals surface area (Å²) in [7, 11) is 0. The molecule has 2 rings (SSSR count). The fourth-order valence-corrected chi connectivity index (χ4v) is 2.12. The maximum atomic E-state index is 12.1. The van der Waals surface area contributed by atoms with Crippen LogP contribution >= 0.6 is 11.6 Å². The molecule has 0 aliphatic carbocycles. The number of carboxylic acid groups (broad SMARTS) is 1. The molecule has 0 bridgehead atoms. The molecule has 5 nitrogen and oxygen atoms in total. The summed E-state index contributed by atoms with van der Waals surface area (Å²) < 4.78 is 0. The first-order valence-electron chi connectivity index (χ1n) is 6.19. The standard InChI is InChI=1S/C15H13ClN2O3/c1-9-6-10(8-17-7-9)14(19)18-13(15(20)21)11-4-2-3-5-12(11)16/h2-8,13H,1H3,(H,18,19)(H,20,21)/t13-/m1/s1. The van der Waals surface area contributed by atoms with Gasteiger partial charge in [0, 0.05) is 23.0 Å². The van der Waals surface area contributed by atoms with E-state index in [1.807, 2.05) is 0 Å². The fraction of sp³-hybridized carbons (Fsp3) is 0.133. The van der Waals surface area contributed by atoms with Gasteiger partial charge in [0.15, 0.2) is 6.04 Å². The molecule has 1 aromatic heterocycles. The smallest absolute Gasteiger partial charge is 0.330 e. The summed E-state index contributed by atoms with van der Waals surface area (Å²) in [4.78, 5) is 27.4. The number of amides is 1. The van der Waals surface area contributed by atoms with Crippen LogP contribution in [-0.2, 0) is 4.79 Å². The highest BCUT2D eigenvalue weighted by Crippen LogP contribution is 2.23. The number of hydrogen-bond acceptors (Lipinski definition) is 3. The first-order valence-corrected chi connectivity index (χ1v) is 6.56. The molecule has 0 fully saturated rings. The summed E-state index contributed by atoms with van der Waals surface area (Å²) in [5, 5.41) is 12.1. The van der Waals surface area contributed by atoms with Crippen LogP contribution in [0.25, 0.3) is 0 Å². The van der Waals surface area contributed by atoms with Gasteiger partial charge in [0.1, 0.15) is 0 Å². The summed E-state index contributed by atoms with van der Waals surface area (Å²) >= 11 is 5.99. The Morgan fingerprint density at radius 1 is 1.29 bits per heavy atom. The molecular formula is C15H13ClN2O3. The molecule has 0 saturated heterocycles. The van der Waals surface area contributed by atoms with Crippen molar-refractivity contribution < 1.29 is 14.7 Å². The minimum atomic E-state index is -1.22. The quantitative estimate of drug-likeness (QED) is 0.910. The number of aliphatic carboxylic acids is 1. The van der Waals surface area contributed by atoms with Crippen LogP contribution in [-0.4, -0.2) is 22.0 Å². The number of nitrogens with one attached hydrogen (secondary N) is 1. The Morgan fingerprint density at radius 3 is 2.62 bits per heavy atom. The van der Waals surface area contributed by atoms with Gasteiger partial charge in [-0.25, -0.2) is 4.79 Å². The van der Waals surface area contributed by atoms with E-state index in [4.69, 9.17) is 11.6 Å². The van der Waals surface area contributed by atoms with Gasteiger partial charge >= 0.3 is 5.97 Å². The number of benzene rings is 1. The van der Waals surface area contributed by atoms with E-state index in [1.165, 1.54) is 6.20 Å². The van der Waals surface area contributed by atoms with Crippen molar-refractivity contribution >= 4 is 23.5 Å². The number of aryl methyl sites for hydroxylation is 1. The summed E-state index contributed by atoms with van der Waals surface area (Å²) in [5.41, 5.74) is 1.45. The minimum absolute atomic E-state index is 0.285. The van der Waals surface area contributed by atoms with Gasteiger partial charge in [0.2, 0.25) is 0 Å². The lowest BCUT2D eigenvalue weighted by Crippen LogP contribution is -2.34. The second kappa shape index (κ2) is 6.37. The highest BCUT2D eigenvalue weighted by Gasteiger charge is 2.24. The second-order valence-electron chi connectivity index (χ2n) is 4.52. The molecule has 0 spiro atoms. The van der Waals surface area contributed by atoms with Crippen LogP contribution in [0.4, 0.5) is 0 Å². The fourth-order valence-electron chi connectivity index (χ4n) is 1.88. The number of carbonyl (C=O) groups is 2. The molecule has 0 aliphatic heterocycles. The van der Waals surface area contributed by atoms with Gasteiger partial charge in [-0.2, -0.15) is 0 Å². The monoisotopic (exact) mass is 304 g/mol. The third-order valence-electron chi connectivity index (χ3n) is 2.88. The number of pyridine rings is 1. The van der Waals surface area contributed by atoms with E-state index in [-0.39, 0.29) is 5.02 Å². The predicted octanol–water partition coefficient (Wildman–Crippen LogP) is 2.60. The Balaban J connectivity index is 2.27. The molecular weight excluding hydrogens is 292 g/mol. The molecule has 0 radical (unpaired) electrons. The molecule has 1 amide bonds. The first-order chi connectivity index (χ1) is 9.99. The van der Waals surface area contributed by atoms with Crippen LogP contribution in [0.1, 0.15) is 27.5 Å². The van der Waals surface area contributed by atoms with Crippen molar-refractivity contribution in [1.29, 1.82) is 0 Å². The van der Waals surface area contributed by atoms with E-state index >= 15 is 0 Å². The van der Waals surface area contributed by atoms with Crippen molar-refractivity contribution in [3.8, 4) is 0 Å². The lowest BCUT2D eigenvalue weighted by molar-refractivity contribution is -0.139. The molecule has 0 aliphatic rings. The molecule has 1 heterocycles. The number of hydrogen-bond donors (Lipinski definition) is 2. The van der Waals surface area contributed by atoms with Gasteiger partial charge in [-0.15, -0.1) is 0 Å². The average Bonchev–Trinajstić information content (AvgIpc) is 2.45. The number of nitrogens with zero attached hydrogens (tertiary/aromatic N) is 1. The van der Waals surface area contributed by atoms with Crippen molar-refractivity contribution in [2.24, 2.45) is 0 Å². The molecule has 1 atom stereocenters. The van der Waals surface area contributed by atoms with E-state index in [1.54, 1.807) is 43.5 Å². The zero-order valence-corrected chi connectivity index (χ0v) is 12.0. The van der Waals surface area contributed by atoms with E-state index in [9.17, 15) is 14.7 Å². The Labute approximate surface area is 126 Å². The Hall–Kier alpha value is -2.40. The van der Waals surface area contributed by atoms with Crippen LogP contribution < -0.4 is 5.32 Å². The third kappa shape index (κ3) is 3.58. The number of carboxylic acids is 1. The topological polar surface area (TPSA) is 79.3 Å². The van der Waals surface area contributed by atoms with Gasteiger partial charge in [-0.1, -0.05) is 29.8 Å². The minimum Gasteiger partial charge on any atom is -0.479 e. The lowest BCUT2D eigenvalue weighted by Gasteiger charge is -2.16. The second-order valence-corrected chi connectivity index (χ2v) is 4.92. The van der Waals surface area contributed by atoms with Crippen LogP contribution in [0.15, 0.2) is 42.7 Å². The number of rotatable bonds is 4. The maximum Gasteiger partial charge on any atom is 0.330 e. The van der Waals surface area contributed by atoms with Gasteiger partial charge in [0.05, 0.1) is 5.56 Å². The maximum absolute atomic E-state index is 12.1. The van der Waals surface area contributed by atoms with E-state index < -0.39 is 17.9 Å². The normalized spacial score (nSPS) is 11.7. The van der Waals surface area contributed by atoms with Crippen molar-refractivity contribution in [2.75, 3.05) is 0 Å². The van der Waals surface area contributed by atoms with Gasteiger partial charge < -0.3 is 10.4 Å². The van der Waals surface area contributed by atoms with Crippen LogP contribution in [0.3, 0.4) is 0 Å². The molecule has 21 heavy (non-hydrogen) atoms. The summed E-state index contributed by atoms with van der Waals surface area (Å²) in [6.07, 6.45) is 2.99. The van der Waals surface area contributed by atoms with Crippen molar-refractivity contribution in [1.82, 2.24) is 10.3 Å². The van der Waals surface area contributed by atoms with E-state index in [0.29, 0.717) is 11.1 Å². The summed E-state index contributed by atoms with van der Waals surface area (Å²) in [6, 6.07) is 6.91.